The maximum Gasteiger partial charge on any atom is 0.0240 e. The van der Waals surface area contributed by atoms with Gasteiger partial charge in [-0.2, -0.15) is 0 Å². The summed E-state index contributed by atoms with van der Waals surface area (Å²) < 4.78 is 0. The van der Waals surface area contributed by atoms with Gasteiger partial charge in [0, 0.05) is 37.8 Å². The molecule has 1 fully saturated rings. The summed E-state index contributed by atoms with van der Waals surface area (Å²) in [5.74, 6) is 0. The van der Waals surface area contributed by atoms with Gasteiger partial charge in [-0.15, -0.1) is 0 Å². The quantitative estimate of drug-likeness (QED) is 0.810. The zero-order valence-electron chi connectivity index (χ0n) is 12.7. The highest BCUT2D eigenvalue weighted by Gasteiger charge is 2.30. The third-order valence-corrected chi connectivity index (χ3v) is 4.27. The first kappa shape index (κ1) is 14.9. The molecule has 1 rings (SSSR count). The van der Waals surface area contributed by atoms with E-state index in [1.807, 2.05) is 0 Å². The van der Waals surface area contributed by atoms with Crippen molar-refractivity contribution in [2.75, 3.05) is 33.7 Å². The number of rotatable bonds is 3. The molecule has 0 radical (unpaired) electrons. The Morgan fingerprint density at radius 3 is 2.00 bits per heavy atom. The molecule has 1 N–H and O–H groups in total. The average molecular weight is 241 g/mol. The van der Waals surface area contributed by atoms with Crippen molar-refractivity contribution in [2.45, 2.75) is 52.7 Å². The fourth-order valence-electron chi connectivity index (χ4n) is 2.72. The highest BCUT2D eigenvalue weighted by molar-refractivity contribution is 4.88. The lowest BCUT2D eigenvalue weighted by Gasteiger charge is -2.45. The average Bonchev–Trinajstić information content (AvgIpc) is 2.20. The predicted octanol–water partition coefficient (Wildman–Crippen LogP) is 1.64. The third-order valence-electron chi connectivity index (χ3n) is 4.27. The van der Waals surface area contributed by atoms with E-state index in [2.05, 4.69) is 63.8 Å². The minimum Gasteiger partial charge on any atom is -0.315 e. The summed E-state index contributed by atoms with van der Waals surface area (Å²) in [7, 11) is 4.32. The van der Waals surface area contributed by atoms with Crippen molar-refractivity contribution in [1.82, 2.24) is 15.1 Å². The maximum atomic E-state index is 3.47. The van der Waals surface area contributed by atoms with Crippen molar-refractivity contribution < 1.29 is 0 Å². The van der Waals surface area contributed by atoms with Gasteiger partial charge in [-0.3, -0.25) is 9.80 Å². The zero-order valence-corrected chi connectivity index (χ0v) is 12.7. The molecule has 3 unspecified atom stereocenters. The van der Waals surface area contributed by atoms with Gasteiger partial charge in [0.25, 0.3) is 0 Å². The van der Waals surface area contributed by atoms with E-state index in [1.54, 1.807) is 0 Å². The van der Waals surface area contributed by atoms with Crippen molar-refractivity contribution in [3.8, 4) is 0 Å². The summed E-state index contributed by atoms with van der Waals surface area (Å²) in [4.78, 5) is 5.10. The lowest BCUT2D eigenvalue weighted by Crippen LogP contribution is -2.58. The molecule has 1 heterocycles. The van der Waals surface area contributed by atoms with Crippen LogP contribution in [0.5, 0.6) is 0 Å². The fraction of sp³-hybridized carbons (Fsp3) is 1.00. The summed E-state index contributed by atoms with van der Waals surface area (Å²) >= 11 is 0. The van der Waals surface area contributed by atoms with E-state index in [0.29, 0.717) is 23.5 Å². The zero-order chi connectivity index (χ0) is 13.2. The first-order chi connectivity index (χ1) is 7.75. The molecule has 0 saturated carbocycles. The summed E-state index contributed by atoms with van der Waals surface area (Å²) in [5, 5.41) is 3.47. The predicted molar refractivity (Wildman–Crippen MR) is 75.4 cm³/mol. The maximum absolute atomic E-state index is 3.47. The van der Waals surface area contributed by atoms with E-state index in [4.69, 9.17) is 0 Å². The van der Waals surface area contributed by atoms with Crippen LogP contribution in [0, 0.1) is 5.41 Å². The van der Waals surface area contributed by atoms with Crippen LogP contribution in [-0.4, -0.2) is 61.7 Å². The molecule has 1 saturated heterocycles. The minimum atomic E-state index is 0.324. The van der Waals surface area contributed by atoms with Crippen molar-refractivity contribution in [1.29, 1.82) is 0 Å². The van der Waals surface area contributed by atoms with Crippen LogP contribution in [-0.2, 0) is 0 Å². The molecular formula is C14H31N3. The third kappa shape index (κ3) is 3.94. The number of piperazine rings is 1. The number of hydrogen-bond acceptors (Lipinski definition) is 3. The Kier molecular flexibility index (Phi) is 4.99. The second kappa shape index (κ2) is 5.68. The van der Waals surface area contributed by atoms with Crippen LogP contribution in [0.3, 0.4) is 0 Å². The van der Waals surface area contributed by atoms with Gasteiger partial charge in [0.1, 0.15) is 0 Å². The number of hydrogen-bond donors (Lipinski definition) is 1. The molecule has 0 spiro atoms. The lowest BCUT2D eigenvalue weighted by atomic mass is 9.86. The molecule has 3 atom stereocenters. The van der Waals surface area contributed by atoms with Crippen LogP contribution in [0.2, 0.25) is 0 Å². The highest BCUT2D eigenvalue weighted by Crippen LogP contribution is 2.21. The normalized spacial score (nSPS) is 30.5. The molecule has 0 amide bonds. The van der Waals surface area contributed by atoms with Crippen LogP contribution in [0.4, 0.5) is 0 Å². The van der Waals surface area contributed by atoms with Gasteiger partial charge in [-0.05, 0) is 33.4 Å². The van der Waals surface area contributed by atoms with E-state index in [9.17, 15) is 0 Å². The van der Waals surface area contributed by atoms with Crippen LogP contribution >= 0.6 is 0 Å². The molecule has 0 aromatic rings. The van der Waals surface area contributed by atoms with Gasteiger partial charge in [-0.25, -0.2) is 0 Å². The number of nitrogens with zero attached hydrogens (tertiary/aromatic N) is 2. The molecule has 0 aromatic heterocycles. The van der Waals surface area contributed by atoms with Crippen LogP contribution in [0.25, 0.3) is 0 Å². The van der Waals surface area contributed by atoms with Gasteiger partial charge in [0.05, 0.1) is 0 Å². The molecule has 0 aliphatic carbocycles. The minimum absolute atomic E-state index is 0.324. The summed E-state index contributed by atoms with van der Waals surface area (Å²) in [5.41, 5.74) is 0.324. The lowest BCUT2D eigenvalue weighted by molar-refractivity contribution is 0.0452. The van der Waals surface area contributed by atoms with E-state index in [0.717, 1.165) is 6.54 Å². The van der Waals surface area contributed by atoms with Crippen molar-refractivity contribution in [3.05, 3.63) is 0 Å². The Bertz CT molecular complexity index is 222. The first-order valence-electron chi connectivity index (χ1n) is 6.87. The Hall–Kier alpha value is -0.120. The van der Waals surface area contributed by atoms with Crippen LogP contribution < -0.4 is 5.32 Å². The van der Waals surface area contributed by atoms with E-state index < -0.39 is 0 Å². The standard InChI is InChI=1S/C14H31N3/c1-11-8-17(9-12(2)16(11)7)10-13(15-6)14(3,4)5/h11-13,15H,8-10H2,1-7H3. The summed E-state index contributed by atoms with van der Waals surface area (Å²) in [6.07, 6.45) is 0. The number of likely N-dealkylation sites (N-methyl/N-ethyl adjacent to an activating group) is 2. The summed E-state index contributed by atoms with van der Waals surface area (Å²) in [6, 6.07) is 1.89. The molecule has 1 aliphatic heterocycles. The Morgan fingerprint density at radius 2 is 1.65 bits per heavy atom. The summed E-state index contributed by atoms with van der Waals surface area (Å²) in [6.45, 7) is 15.1. The van der Waals surface area contributed by atoms with Crippen molar-refractivity contribution in [3.63, 3.8) is 0 Å². The van der Waals surface area contributed by atoms with E-state index in [1.165, 1.54) is 13.1 Å². The van der Waals surface area contributed by atoms with Gasteiger partial charge in [-0.1, -0.05) is 20.8 Å². The van der Waals surface area contributed by atoms with Crippen molar-refractivity contribution >= 4 is 0 Å². The molecule has 3 heteroatoms. The molecule has 0 aromatic carbocycles. The van der Waals surface area contributed by atoms with Gasteiger partial charge in [0.15, 0.2) is 0 Å². The van der Waals surface area contributed by atoms with Crippen LogP contribution in [0.15, 0.2) is 0 Å². The smallest absolute Gasteiger partial charge is 0.0240 e. The van der Waals surface area contributed by atoms with E-state index in [-0.39, 0.29) is 0 Å². The fourth-order valence-corrected chi connectivity index (χ4v) is 2.72. The molecule has 102 valence electrons. The van der Waals surface area contributed by atoms with Crippen LogP contribution in [0.1, 0.15) is 34.6 Å². The molecule has 0 bridgehead atoms. The van der Waals surface area contributed by atoms with Gasteiger partial charge < -0.3 is 5.32 Å². The second-order valence-corrected chi connectivity index (χ2v) is 6.79. The molecule has 3 nitrogen and oxygen atoms in total. The molecular weight excluding hydrogens is 210 g/mol. The van der Waals surface area contributed by atoms with Crippen molar-refractivity contribution in [2.24, 2.45) is 5.41 Å². The molecule has 1 aliphatic rings. The topological polar surface area (TPSA) is 18.5 Å². The molecule has 17 heavy (non-hydrogen) atoms. The largest absolute Gasteiger partial charge is 0.315 e. The van der Waals surface area contributed by atoms with E-state index >= 15 is 0 Å². The monoisotopic (exact) mass is 241 g/mol. The SMILES string of the molecule is CNC(CN1CC(C)N(C)C(C)C1)C(C)(C)C. The Labute approximate surface area is 108 Å². The Balaban J connectivity index is 2.57. The first-order valence-corrected chi connectivity index (χ1v) is 6.87. The van der Waals surface area contributed by atoms with Gasteiger partial charge in [0.2, 0.25) is 0 Å². The van der Waals surface area contributed by atoms with Gasteiger partial charge >= 0.3 is 0 Å². The number of nitrogens with one attached hydrogen (secondary N) is 1. The second-order valence-electron chi connectivity index (χ2n) is 6.79. The highest BCUT2D eigenvalue weighted by atomic mass is 15.3. The Morgan fingerprint density at radius 1 is 1.18 bits per heavy atom.